The molecule has 1 atom stereocenters. The summed E-state index contributed by atoms with van der Waals surface area (Å²) in [5.74, 6) is 0.895. The lowest BCUT2D eigenvalue weighted by Crippen LogP contribution is -2.39. The molecule has 6 nitrogen and oxygen atoms in total. The number of likely N-dealkylation sites (tertiary alicyclic amines) is 1. The minimum absolute atomic E-state index is 0.200. The molecule has 0 aliphatic carbocycles. The Morgan fingerprint density at radius 1 is 1.20 bits per heavy atom. The number of anilines is 2. The highest BCUT2D eigenvalue weighted by atomic mass is 32.1. The first kappa shape index (κ1) is 20.9. The van der Waals surface area contributed by atoms with Gasteiger partial charge < -0.3 is 20.4 Å². The minimum Gasteiger partial charge on any atom is -0.394 e. The van der Waals surface area contributed by atoms with Crippen molar-refractivity contribution in [3.8, 4) is 10.4 Å². The van der Waals surface area contributed by atoms with E-state index < -0.39 is 6.10 Å². The van der Waals surface area contributed by atoms with E-state index >= 15 is 0 Å². The largest absolute Gasteiger partial charge is 0.394 e. The predicted molar refractivity (Wildman–Crippen MR) is 117 cm³/mol. The smallest absolute Gasteiger partial charge is 0.188 e. The number of hydrogen-bond donors (Lipinski definition) is 3. The average Bonchev–Trinajstić information content (AvgIpc) is 3.23. The maximum atomic E-state index is 14.0. The van der Waals surface area contributed by atoms with Gasteiger partial charge in [-0.15, -0.1) is 0 Å². The molecule has 1 fully saturated rings. The topological polar surface area (TPSA) is 81.5 Å². The molecular weight excluding hydrogens is 403 g/mol. The molecule has 3 heterocycles. The molecule has 0 saturated carbocycles. The second kappa shape index (κ2) is 9.61. The molecule has 1 saturated heterocycles. The maximum absolute atomic E-state index is 14.0. The fourth-order valence-electron chi connectivity index (χ4n) is 3.80. The zero-order chi connectivity index (χ0) is 20.9. The van der Waals surface area contributed by atoms with E-state index in [0.29, 0.717) is 23.2 Å². The lowest BCUT2D eigenvalue weighted by molar-refractivity contribution is 0.0513. The molecule has 8 heteroatoms. The summed E-state index contributed by atoms with van der Waals surface area (Å²) in [5, 5.41) is 22.5. The van der Waals surface area contributed by atoms with Gasteiger partial charge in [0.15, 0.2) is 5.13 Å². The van der Waals surface area contributed by atoms with Crippen LogP contribution in [0.1, 0.15) is 24.3 Å². The molecule has 0 unspecified atom stereocenters. The number of aliphatic hydroxyl groups is 2. The summed E-state index contributed by atoms with van der Waals surface area (Å²) in [4.78, 5) is 11.7. The van der Waals surface area contributed by atoms with E-state index in [-0.39, 0.29) is 12.4 Å². The van der Waals surface area contributed by atoms with Crippen LogP contribution in [0.2, 0.25) is 0 Å². The number of hydrogen-bond acceptors (Lipinski definition) is 7. The van der Waals surface area contributed by atoms with E-state index in [4.69, 9.17) is 5.11 Å². The fraction of sp³-hybridized carbons (Fsp3) is 0.364. The molecule has 1 aliphatic heterocycles. The summed E-state index contributed by atoms with van der Waals surface area (Å²) < 4.78 is 14.0. The van der Waals surface area contributed by atoms with Crippen LogP contribution in [0, 0.1) is 5.82 Å². The average molecular weight is 429 g/mol. The van der Waals surface area contributed by atoms with Crippen LogP contribution in [-0.4, -0.2) is 57.4 Å². The van der Waals surface area contributed by atoms with Crippen LogP contribution in [0.15, 0.2) is 48.8 Å². The van der Waals surface area contributed by atoms with Gasteiger partial charge in [-0.25, -0.2) is 14.4 Å². The molecule has 4 rings (SSSR count). The van der Waals surface area contributed by atoms with E-state index in [1.165, 1.54) is 23.0 Å². The van der Waals surface area contributed by atoms with Crippen LogP contribution in [0.3, 0.4) is 0 Å². The number of rotatable bonds is 7. The Balaban J connectivity index is 1.39. The van der Waals surface area contributed by atoms with Gasteiger partial charge in [-0.3, -0.25) is 0 Å². The number of pyridine rings is 1. The van der Waals surface area contributed by atoms with Crippen LogP contribution >= 0.6 is 11.3 Å². The van der Waals surface area contributed by atoms with E-state index in [1.807, 2.05) is 18.2 Å². The highest BCUT2D eigenvalue weighted by molar-refractivity contribution is 7.18. The van der Waals surface area contributed by atoms with E-state index in [1.54, 1.807) is 24.5 Å². The van der Waals surface area contributed by atoms with Crippen molar-refractivity contribution in [2.24, 2.45) is 0 Å². The van der Waals surface area contributed by atoms with Crippen LogP contribution < -0.4 is 5.32 Å². The Kier molecular flexibility index (Phi) is 6.69. The van der Waals surface area contributed by atoms with Gasteiger partial charge in [0.25, 0.3) is 0 Å². The lowest BCUT2D eigenvalue weighted by atomic mass is 9.90. The molecule has 3 aromatic rings. The van der Waals surface area contributed by atoms with Crippen molar-refractivity contribution in [3.63, 3.8) is 0 Å². The SMILES string of the molecule is OC[C@@H](O)CN1CCC(c2ccnc(Nc3ncc(-c4ccccc4F)s3)c2)CC1. The van der Waals surface area contributed by atoms with Crippen molar-refractivity contribution in [2.75, 3.05) is 31.6 Å². The van der Waals surface area contributed by atoms with Gasteiger partial charge >= 0.3 is 0 Å². The normalized spacial score (nSPS) is 16.5. The molecular formula is C22H25FN4O2S. The van der Waals surface area contributed by atoms with Gasteiger partial charge in [-0.05, 0) is 55.6 Å². The van der Waals surface area contributed by atoms with Crippen molar-refractivity contribution in [1.82, 2.24) is 14.9 Å². The third-order valence-corrected chi connectivity index (χ3v) is 6.35. The maximum Gasteiger partial charge on any atom is 0.188 e. The molecule has 3 N–H and O–H groups in total. The summed E-state index contributed by atoms with van der Waals surface area (Å²) in [6.45, 7) is 2.10. The molecule has 0 amide bonds. The van der Waals surface area contributed by atoms with Crippen molar-refractivity contribution in [1.29, 1.82) is 0 Å². The highest BCUT2D eigenvalue weighted by Crippen LogP contribution is 2.33. The number of aromatic nitrogens is 2. The Hall–Kier alpha value is -2.39. The fourth-order valence-corrected chi connectivity index (χ4v) is 4.65. The van der Waals surface area contributed by atoms with Gasteiger partial charge in [0, 0.05) is 24.5 Å². The Labute approximate surface area is 179 Å². The molecule has 2 aromatic heterocycles. The van der Waals surface area contributed by atoms with E-state index in [9.17, 15) is 9.50 Å². The second-order valence-corrected chi connectivity index (χ2v) is 8.55. The van der Waals surface area contributed by atoms with Crippen LogP contribution in [0.25, 0.3) is 10.4 Å². The Morgan fingerprint density at radius 2 is 2.00 bits per heavy atom. The molecule has 1 aromatic carbocycles. The summed E-state index contributed by atoms with van der Waals surface area (Å²) in [7, 11) is 0. The molecule has 30 heavy (non-hydrogen) atoms. The van der Waals surface area contributed by atoms with Crippen molar-refractivity contribution < 1.29 is 14.6 Å². The van der Waals surface area contributed by atoms with Gasteiger partial charge in [-0.2, -0.15) is 0 Å². The first-order chi connectivity index (χ1) is 14.6. The number of benzene rings is 1. The quantitative estimate of drug-likeness (QED) is 0.533. The molecule has 0 spiro atoms. The molecule has 158 valence electrons. The van der Waals surface area contributed by atoms with Gasteiger partial charge in [0.1, 0.15) is 11.6 Å². The molecule has 1 aliphatic rings. The number of nitrogens with zero attached hydrogens (tertiary/aromatic N) is 3. The first-order valence-corrected chi connectivity index (χ1v) is 10.9. The summed E-state index contributed by atoms with van der Waals surface area (Å²) >= 11 is 1.39. The van der Waals surface area contributed by atoms with Gasteiger partial charge in [-0.1, -0.05) is 29.5 Å². The number of nitrogens with one attached hydrogen (secondary N) is 1. The first-order valence-electron chi connectivity index (χ1n) is 10.1. The monoisotopic (exact) mass is 428 g/mol. The summed E-state index contributed by atoms with van der Waals surface area (Å²) in [5.41, 5.74) is 1.77. The summed E-state index contributed by atoms with van der Waals surface area (Å²) in [6, 6.07) is 10.8. The Morgan fingerprint density at radius 3 is 2.77 bits per heavy atom. The van der Waals surface area contributed by atoms with Crippen molar-refractivity contribution in [3.05, 3.63) is 60.2 Å². The zero-order valence-corrected chi connectivity index (χ0v) is 17.4. The lowest BCUT2D eigenvalue weighted by Gasteiger charge is -2.33. The number of aliphatic hydroxyl groups excluding tert-OH is 2. The molecule has 0 radical (unpaired) electrons. The number of halogens is 1. The Bertz CT molecular complexity index is 975. The third kappa shape index (κ3) is 5.02. The third-order valence-electron chi connectivity index (χ3n) is 5.40. The van der Waals surface area contributed by atoms with Crippen molar-refractivity contribution >= 4 is 22.3 Å². The predicted octanol–water partition coefficient (Wildman–Crippen LogP) is 3.62. The van der Waals surface area contributed by atoms with E-state index in [0.717, 1.165) is 36.6 Å². The molecule has 0 bridgehead atoms. The van der Waals surface area contributed by atoms with Crippen LogP contribution in [0.4, 0.5) is 15.3 Å². The standard InChI is InChI=1S/C22H25FN4O2S/c23-19-4-2-1-3-18(19)20-12-25-22(30-20)26-21-11-16(5-8-24-21)15-6-9-27(10-7-15)13-17(29)14-28/h1-5,8,11-12,15,17,28-29H,6-7,9-10,13-14H2,(H,24,25,26)/t17-/m0/s1. The van der Waals surface area contributed by atoms with Gasteiger partial charge in [0.05, 0.1) is 17.6 Å². The van der Waals surface area contributed by atoms with Crippen LogP contribution in [-0.2, 0) is 0 Å². The number of β-amino-alcohol motifs (C(OH)–C–C–N with tert-alkyl or cyclic N) is 1. The zero-order valence-electron chi connectivity index (χ0n) is 16.5. The van der Waals surface area contributed by atoms with Crippen LogP contribution in [0.5, 0.6) is 0 Å². The number of piperidine rings is 1. The highest BCUT2D eigenvalue weighted by Gasteiger charge is 2.22. The van der Waals surface area contributed by atoms with Gasteiger partial charge in [0.2, 0.25) is 0 Å². The van der Waals surface area contributed by atoms with E-state index in [2.05, 4.69) is 20.2 Å². The number of thiazole rings is 1. The second-order valence-electron chi connectivity index (χ2n) is 7.52. The summed E-state index contributed by atoms with van der Waals surface area (Å²) in [6.07, 6.45) is 4.79. The van der Waals surface area contributed by atoms with Crippen molar-refractivity contribution in [2.45, 2.75) is 24.9 Å². The minimum atomic E-state index is -0.675.